The lowest BCUT2D eigenvalue weighted by atomic mass is 9.95. The van der Waals surface area contributed by atoms with Gasteiger partial charge in [0.2, 0.25) is 0 Å². The van der Waals surface area contributed by atoms with Gasteiger partial charge in [-0.05, 0) is 57.2 Å². The van der Waals surface area contributed by atoms with E-state index in [0.29, 0.717) is 6.04 Å². The summed E-state index contributed by atoms with van der Waals surface area (Å²) in [6.45, 7) is 9.53. The van der Waals surface area contributed by atoms with E-state index in [2.05, 4.69) is 24.5 Å². The minimum absolute atomic E-state index is 0.199. The van der Waals surface area contributed by atoms with Gasteiger partial charge in [-0.25, -0.2) is 0 Å². The molecule has 2 aliphatic carbocycles. The number of nitrogens with one attached hydrogen (secondary N) is 3. The molecule has 3 fully saturated rings. The van der Waals surface area contributed by atoms with Crippen molar-refractivity contribution in [3.05, 3.63) is 0 Å². The van der Waals surface area contributed by atoms with E-state index in [1.54, 1.807) is 4.90 Å². The zero-order chi connectivity index (χ0) is 14.9. The summed E-state index contributed by atoms with van der Waals surface area (Å²) >= 11 is 5.52. The lowest BCUT2D eigenvalue weighted by Gasteiger charge is -2.38. The monoisotopic (exact) mass is 312 g/mol. The third kappa shape index (κ3) is 3.69. The molecule has 2 bridgehead atoms. The molecule has 21 heavy (non-hydrogen) atoms. The van der Waals surface area contributed by atoms with Crippen LogP contribution in [0.15, 0.2) is 0 Å². The van der Waals surface area contributed by atoms with Gasteiger partial charge >= 0.3 is 0 Å². The van der Waals surface area contributed by atoms with Crippen molar-refractivity contribution in [1.82, 2.24) is 10.6 Å². The third-order valence-corrected chi connectivity index (χ3v) is 6.06. The average molecular weight is 313 g/mol. The highest BCUT2D eigenvalue weighted by Gasteiger charge is 2.40. The van der Waals surface area contributed by atoms with Crippen molar-refractivity contribution in [2.75, 3.05) is 32.8 Å². The molecule has 0 aromatic carbocycles. The van der Waals surface area contributed by atoms with Gasteiger partial charge in [0.25, 0.3) is 0 Å². The van der Waals surface area contributed by atoms with E-state index in [1.807, 2.05) is 0 Å². The lowest BCUT2D eigenvalue weighted by Crippen LogP contribution is -3.22. The van der Waals surface area contributed by atoms with Crippen LogP contribution in [0.4, 0.5) is 0 Å². The molecule has 0 radical (unpaired) electrons. The minimum Gasteiger partial charge on any atom is -0.370 e. The minimum atomic E-state index is 0.199. The molecule has 0 amide bonds. The maximum atomic E-state index is 5.52. The zero-order valence-electron chi connectivity index (χ0n) is 13.4. The molecule has 0 spiro atoms. The van der Waals surface area contributed by atoms with Gasteiger partial charge in [-0.15, -0.1) is 0 Å². The van der Waals surface area contributed by atoms with E-state index in [9.17, 15) is 0 Å². The van der Waals surface area contributed by atoms with E-state index < -0.39 is 0 Å². The van der Waals surface area contributed by atoms with Gasteiger partial charge in [-0.1, -0.05) is 6.42 Å². The smallest absolute Gasteiger partial charge is 0.166 e. The molecule has 120 valence electrons. The van der Waals surface area contributed by atoms with Crippen LogP contribution >= 0.6 is 12.2 Å². The summed E-state index contributed by atoms with van der Waals surface area (Å²) in [5, 5.41) is 7.89. The second-order valence-electron chi connectivity index (χ2n) is 7.71. The van der Waals surface area contributed by atoms with Crippen LogP contribution in [0.2, 0.25) is 0 Å². The normalized spacial score (nSPS) is 33.1. The molecule has 1 saturated heterocycles. The highest BCUT2D eigenvalue weighted by molar-refractivity contribution is 7.80. The molecule has 1 aliphatic heterocycles. The fraction of sp³-hybridized carbons (Fsp3) is 0.938. The molecule has 3 aliphatic rings. The van der Waals surface area contributed by atoms with Gasteiger partial charge in [-0.3, -0.25) is 0 Å². The van der Waals surface area contributed by atoms with Crippen LogP contribution in [0.5, 0.6) is 0 Å². The van der Waals surface area contributed by atoms with Crippen LogP contribution in [0, 0.1) is 11.8 Å². The van der Waals surface area contributed by atoms with Crippen LogP contribution in [0.3, 0.4) is 0 Å². The van der Waals surface area contributed by atoms with Crippen LogP contribution in [-0.4, -0.2) is 49.5 Å². The van der Waals surface area contributed by atoms with Gasteiger partial charge in [0.15, 0.2) is 5.11 Å². The number of hydrogen-bond acceptors (Lipinski definition) is 2. The Hall–Kier alpha value is -0.390. The Morgan fingerprint density at radius 3 is 2.62 bits per heavy atom. The number of rotatable bonds is 4. The average Bonchev–Trinajstić information content (AvgIpc) is 3.09. The summed E-state index contributed by atoms with van der Waals surface area (Å²) in [5.74, 6) is 1.83. The van der Waals surface area contributed by atoms with Crippen molar-refractivity contribution < 1.29 is 9.64 Å². The van der Waals surface area contributed by atoms with Crippen LogP contribution in [0.1, 0.15) is 39.5 Å². The Kier molecular flexibility index (Phi) is 4.71. The maximum absolute atomic E-state index is 5.52. The van der Waals surface area contributed by atoms with E-state index in [-0.39, 0.29) is 5.54 Å². The van der Waals surface area contributed by atoms with Gasteiger partial charge in [0.1, 0.15) is 18.6 Å². The van der Waals surface area contributed by atoms with Crippen molar-refractivity contribution in [3.63, 3.8) is 0 Å². The molecule has 0 aromatic rings. The lowest BCUT2D eigenvalue weighted by molar-refractivity contribution is -0.954. The van der Waals surface area contributed by atoms with Crippen LogP contribution < -0.4 is 15.5 Å². The predicted molar refractivity (Wildman–Crippen MR) is 88.6 cm³/mol. The topological polar surface area (TPSA) is 37.7 Å². The SMILES string of the molecule is CC(C)(CNC(=S)N[C@H]1C[C@H]2CC[C@@H]1C2)[NH+]1CCOCC1. The standard InChI is InChI=1S/C16H29N3OS/c1-16(2,19-5-7-20-8-6-19)11-17-15(21)18-14-10-12-3-4-13(14)9-12/h12-14H,3-11H2,1-2H3,(H2,17,18,21)/p+1/t12-,13+,14-/m0/s1. The summed E-state index contributed by atoms with van der Waals surface area (Å²) in [6, 6.07) is 0.627. The molecule has 2 saturated carbocycles. The first-order valence-electron chi connectivity index (χ1n) is 8.52. The molecule has 4 nitrogen and oxygen atoms in total. The summed E-state index contributed by atoms with van der Waals surface area (Å²) in [5.41, 5.74) is 0.199. The quantitative estimate of drug-likeness (QED) is 0.654. The predicted octanol–water partition coefficient (Wildman–Crippen LogP) is 0.333. The third-order valence-electron chi connectivity index (χ3n) is 5.80. The Balaban J connectivity index is 1.42. The van der Waals surface area contributed by atoms with E-state index >= 15 is 0 Å². The Labute approximate surface area is 134 Å². The van der Waals surface area contributed by atoms with Crippen molar-refractivity contribution in [3.8, 4) is 0 Å². The number of ether oxygens (including phenoxy) is 1. The van der Waals surface area contributed by atoms with E-state index in [0.717, 1.165) is 49.8 Å². The van der Waals surface area contributed by atoms with Crippen molar-refractivity contribution in [1.29, 1.82) is 0 Å². The molecule has 0 aromatic heterocycles. The second-order valence-corrected chi connectivity index (χ2v) is 8.12. The van der Waals surface area contributed by atoms with Gasteiger partial charge in [0, 0.05) is 6.04 Å². The molecule has 3 N–H and O–H groups in total. The number of quaternary nitrogens is 1. The van der Waals surface area contributed by atoms with Gasteiger partial charge in [0.05, 0.1) is 19.8 Å². The van der Waals surface area contributed by atoms with Crippen molar-refractivity contribution in [2.24, 2.45) is 11.8 Å². The molecular formula is C16H30N3OS+. The fourth-order valence-electron chi connectivity index (χ4n) is 4.36. The van der Waals surface area contributed by atoms with Crippen molar-refractivity contribution in [2.45, 2.75) is 51.1 Å². The number of morpholine rings is 1. The molecular weight excluding hydrogens is 282 g/mol. The number of fused-ring (bicyclic) bond motifs is 2. The van der Waals surface area contributed by atoms with Crippen molar-refractivity contribution >= 4 is 17.3 Å². The highest BCUT2D eigenvalue weighted by Crippen LogP contribution is 2.44. The maximum Gasteiger partial charge on any atom is 0.166 e. The Morgan fingerprint density at radius 2 is 2.00 bits per heavy atom. The number of hydrogen-bond donors (Lipinski definition) is 3. The molecule has 3 rings (SSSR count). The Bertz CT molecular complexity index is 382. The summed E-state index contributed by atoms with van der Waals surface area (Å²) < 4.78 is 5.46. The molecule has 5 heteroatoms. The summed E-state index contributed by atoms with van der Waals surface area (Å²) in [7, 11) is 0. The van der Waals surface area contributed by atoms with E-state index in [1.165, 1.54) is 25.7 Å². The summed E-state index contributed by atoms with van der Waals surface area (Å²) in [6.07, 6.45) is 5.58. The zero-order valence-corrected chi connectivity index (χ0v) is 14.2. The van der Waals surface area contributed by atoms with Gasteiger partial charge < -0.3 is 20.3 Å². The fourth-order valence-corrected chi connectivity index (χ4v) is 4.59. The second kappa shape index (κ2) is 6.39. The van der Waals surface area contributed by atoms with Crippen LogP contribution in [-0.2, 0) is 4.74 Å². The van der Waals surface area contributed by atoms with Crippen LogP contribution in [0.25, 0.3) is 0 Å². The van der Waals surface area contributed by atoms with Gasteiger partial charge in [-0.2, -0.15) is 0 Å². The molecule has 0 unspecified atom stereocenters. The number of thiocarbonyl (C=S) groups is 1. The summed E-state index contributed by atoms with van der Waals surface area (Å²) in [4.78, 5) is 1.61. The highest BCUT2D eigenvalue weighted by atomic mass is 32.1. The molecule has 1 heterocycles. The van der Waals surface area contributed by atoms with E-state index in [4.69, 9.17) is 17.0 Å². The largest absolute Gasteiger partial charge is 0.370 e. The first kappa shape index (κ1) is 15.5. The Morgan fingerprint density at radius 1 is 1.24 bits per heavy atom. The molecule has 3 atom stereocenters. The first-order valence-corrected chi connectivity index (χ1v) is 8.93. The first-order chi connectivity index (χ1) is 10.0.